The van der Waals surface area contributed by atoms with E-state index in [9.17, 15) is 4.79 Å². The van der Waals surface area contributed by atoms with Crippen molar-refractivity contribution in [2.75, 3.05) is 5.32 Å². The van der Waals surface area contributed by atoms with E-state index in [-0.39, 0.29) is 10.6 Å². The number of hydrogen-bond donors (Lipinski definition) is 2. The Morgan fingerprint density at radius 3 is 2.89 bits per heavy atom. The summed E-state index contributed by atoms with van der Waals surface area (Å²) < 4.78 is 0. The number of rotatable bonds is 4. The molecule has 1 aliphatic rings. The molecule has 5 heteroatoms. The van der Waals surface area contributed by atoms with E-state index in [2.05, 4.69) is 22.2 Å². The van der Waals surface area contributed by atoms with Crippen LogP contribution in [0.1, 0.15) is 45.4 Å². The second-order valence-corrected chi connectivity index (χ2v) is 5.33. The Balaban J connectivity index is 2.09. The Hall–Kier alpha value is -1.03. The molecule has 0 aliphatic heterocycles. The van der Waals surface area contributed by atoms with E-state index in [1.807, 2.05) is 0 Å². The second kappa shape index (κ2) is 6.23. The average molecular weight is 270 g/mol. The highest BCUT2D eigenvalue weighted by molar-refractivity contribution is 6.32. The van der Waals surface area contributed by atoms with Gasteiger partial charge in [0.1, 0.15) is 5.02 Å². The van der Waals surface area contributed by atoms with E-state index >= 15 is 0 Å². The van der Waals surface area contributed by atoms with Gasteiger partial charge in [-0.15, -0.1) is 0 Å². The minimum Gasteiger partial charge on any atom is -0.366 e. The molecule has 0 radical (unpaired) electrons. The van der Waals surface area contributed by atoms with E-state index < -0.39 is 0 Å². The van der Waals surface area contributed by atoms with Gasteiger partial charge in [-0.25, -0.2) is 4.98 Å². The van der Waals surface area contributed by atoms with Crippen LogP contribution >= 0.6 is 11.6 Å². The van der Waals surface area contributed by atoms with E-state index in [4.69, 9.17) is 11.6 Å². The van der Waals surface area contributed by atoms with Crippen LogP contribution < -0.4 is 10.9 Å². The highest BCUT2D eigenvalue weighted by Gasteiger charge is 2.23. The summed E-state index contributed by atoms with van der Waals surface area (Å²) in [5.74, 6) is 1.18. The minimum atomic E-state index is -0.285. The molecule has 1 atom stereocenters. The van der Waals surface area contributed by atoms with Crippen molar-refractivity contribution in [3.8, 4) is 0 Å². The molecule has 1 saturated carbocycles. The minimum absolute atomic E-state index is 0.159. The molecule has 4 nitrogen and oxygen atoms in total. The zero-order chi connectivity index (χ0) is 13.0. The molecule has 1 aromatic rings. The van der Waals surface area contributed by atoms with Crippen molar-refractivity contribution in [3.05, 3.63) is 21.7 Å². The number of aromatic nitrogens is 2. The second-order valence-electron chi connectivity index (χ2n) is 4.95. The molecule has 2 rings (SSSR count). The molecule has 0 bridgehead atoms. The van der Waals surface area contributed by atoms with Crippen LogP contribution in [0.15, 0.2) is 11.1 Å². The summed E-state index contributed by atoms with van der Waals surface area (Å²) in [5.41, 5.74) is -0.285. The monoisotopic (exact) mass is 269 g/mol. The fraction of sp³-hybridized carbons (Fsp3) is 0.692. The van der Waals surface area contributed by atoms with Crippen molar-refractivity contribution >= 4 is 17.4 Å². The van der Waals surface area contributed by atoms with E-state index in [1.165, 1.54) is 38.4 Å². The first-order valence-corrected chi connectivity index (χ1v) is 7.10. The summed E-state index contributed by atoms with van der Waals surface area (Å²) in [6.07, 6.45) is 8.88. The molecule has 1 aliphatic carbocycles. The third-order valence-electron chi connectivity index (χ3n) is 3.78. The number of nitrogens with one attached hydrogen (secondary N) is 2. The molecular weight excluding hydrogens is 250 g/mol. The molecule has 18 heavy (non-hydrogen) atoms. The van der Waals surface area contributed by atoms with Crippen LogP contribution in [0.5, 0.6) is 0 Å². The Kier molecular flexibility index (Phi) is 4.64. The van der Waals surface area contributed by atoms with Gasteiger partial charge in [-0.2, -0.15) is 0 Å². The van der Waals surface area contributed by atoms with Crippen LogP contribution in [0.4, 0.5) is 5.82 Å². The molecule has 1 unspecified atom stereocenters. The van der Waals surface area contributed by atoms with Gasteiger partial charge in [0.2, 0.25) is 0 Å². The molecule has 0 aromatic carbocycles. The van der Waals surface area contributed by atoms with Gasteiger partial charge in [-0.1, -0.05) is 37.8 Å². The predicted molar refractivity (Wildman–Crippen MR) is 74.1 cm³/mol. The largest absolute Gasteiger partial charge is 0.366 e. The van der Waals surface area contributed by atoms with Crippen molar-refractivity contribution in [2.45, 2.75) is 51.5 Å². The SMILES string of the molecule is CCC(Nc1nc[nH]c(=O)c1Cl)C1CCCCC1. The quantitative estimate of drug-likeness (QED) is 0.883. The van der Waals surface area contributed by atoms with Gasteiger partial charge in [0.05, 0.1) is 6.33 Å². The van der Waals surface area contributed by atoms with Crippen molar-refractivity contribution < 1.29 is 0 Å². The molecule has 0 spiro atoms. The Morgan fingerprint density at radius 2 is 2.22 bits per heavy atom. The topological polar surface area (TPSA) is 57.8 Å². The van der Waals surface area contributed by atoms with Gasteiger partial charge in [0.15, 0.2) is 5.82 Å². The van der Waals surface area contributed by atoms with E-state index in [1.54, 1.807) is 0 Å². The third-order valence-corrected chi connectivity index (χ3v) is 4.13. The smallest absolute Gasteiger partial charge is 0.271 e. The molecule has 1 heterocycles. The predicted octanol–water partition coefficient (Wildman–Crippen LogP) is 3.19. The van der Waals surface area contributed by atoms with Crippen molar-refractivity contribution in [3.63, 3.8) is 0 Å². The van der Waals surface area contributed by atoms with Gasteiger partial charge in [-0.05, 0) is 25.2 Å². The normalized spacial score (nSPS) is 18.6. The molecule has 1 aromatic heterocycles. The number of aromatic amines is 1. The van der Waals surface area contributed by atoms with Crippen molar-refractivity contribution in [1.29, 1.82) is 0 Å². The maximum Gasteiger partial charge on any atom is 0.271 e. The number of H-pyrrole nitrogens is 1. The maximum atomic E-state index is 11.4. The summed E-state index contributed by atoms with van der Waals surface area (Å²) in [7, 11) is 0. The molecule has 0 saturated heterocycles. The summed E-state index contributed by atoms with van der Waals surface area (Å²) in [6.45, 7) is 2.16. The van der Waals surface area contributed by atoms with Gasteiger partial charge in [0.25, 0.3) is 5.56 Å². The third kappa shape index (κ3) is 3.05. The van der Waals surface area contributed by atoms with Crippen LogP contribution in [0.2, 0.25) is 5.02 Å². The summed E-state index contributed by atoms with van der Waals surface area (Å²) in [5, 5.41) is 3.50. The fourth-order valence-corrected chi connectivity index (χ4v) is 2.91. The lowest BCUT2D eigenvalue weighted by atomic mass is 9.83. The fourth-order valence-electron chi connectivity index (χ4n) is 2.75. The lowest BCUT2D eigenvalue weighted by molar-refractivity contribution is 0.312. The van der Waals surface area contributed by atoms with Crippen LogP contribution in [-0.4, -0.2) is 16.0 Å². The van der Waals surface area contributed by atoms with Crippen LogP contribution in [0.25, 0.3) is 0 Å². The summed E-state index contributed by atoms with van der Waals surface area (Å²) in [4.78, 5) is 18.0. The van der Waals surface area contributed by atoms with E-state index in [0.717, 1.165) is 6.42 Å². The molecule has 100 valence electrons. The van der Waals surface area contributed by atoms with Crippen LogP contribution in [-0.2, 0) is 0 Å². The lowest BCUT2D eigenvalue weighted by Gasteiger charge is -2.30. The van der Waals surface area contributed by atoms with Crippen LogP contribution in [0.3, 0.4) is 0 Å². The highest BCUT2D eigenvalue weighted by atomic mass is 35.5. The van der Waals surface area contributed by atoms with Gasteiger partial charge < -0.3 is 10.3 Å². The van der Waals surface area contributed by atoms with Crippen molar-refractivity contribution in [2.24, 2.45) is 5.92 Å². The van der Waals surface area contributed by atoms with Crippen LogP contribution in [0, 0.1) is 5.92 Å². The Bertz CT molecular complexity index is 440. The summed E-state index contributed by atoms with van der Waals surface area (Å²) >= 11 is 5.96. The number of anilines is 1. The number of halogens is 1. The average Bonchev–Trinajstić information content (AvgIpc) is 2.41. The number of nitrogens with zero attached hydrogens (tertiary/aromatic N) is 1. The van der Waals surface area contributed by atoms with Crippen molar-refractivity contribution in [1.82, 2.24) is 9.97 Å². The summed E-state index contributed by atoms with van der Waals surface area (Å²) in [6, 6.07) is 0.358. The highest BCUT2D eigenvalue weighted by Crippen LogP contribution is 2.29. The molecule has 1 fully saturated rings. The standard InChI is InChI=1S/C13H20ClN3O/c1-2-10(9-6-4-3-5-7-9)17-12-11(14)13(18)16-8-15-12/h8-10H,2-7H2,1H3,(H2,15,16,17,18). The molecule has 2 N–H and O–H groups in total. The molecule has 0 amide bonds. The first kappa shape index (κ1) is 13.4. The van der Waals surface area contributed by atoms with Gasteiger partial charge >= 0.3 is 0 Å². The first-order valence-electron chi connectivity index (χ1n) is 6.72. The lowest BCUT2D eigenvalue weighted by Crippen LogP contribution is -2.31. The molecular formula is C13H20ClN3O. The Morgan fingerprint density at radius 1 is 1.50 bits per heavy atom. The maximum absolute atomic E-state index is 11.4. The van der Waals surface area contributed by atoms with Gasteiger partial charge in [-0.3, -0.25) is 4.79 Å². The number of hydrogen-bond acceptors (Lipinski definition) is 3. The first-order chi connectivity index (χ1) is 8.72. The van der Waals surface area contributed by atoms with Gasteiger partial charge in [0, 0.05) is 6.04 Å². The zero-order valence-electron chi connectivity index (χ0n) is 10.7. The Labute approximate surface area is 112 Å². The van der Waals surface area contributed by atoms with E-state index in [0.29, 0.717) is 17.8 Å². The zero-order valence-corrected chi connectivity index (χ0v) is 11.5.